The van der Waals surface area contributed by atoms with Crippen molar-refractivity contribution in [3.05, 3.63) is 0 Å². The minimum absolute atomic E-state index is 0.277. The predicted octanol–water partition coefficient (Wildman–Crippen LogP) is 0.683. The van der Waals surface area contributed by atoms with Crippen LogP contribution in [0.15, 0.2) is 0 Å². The first kappa shape index (κ1) is 12.8. The van der Waals surface area contributed by atoms with Crippen molar-refractivity contribution < 1.29 is 4.79 Å². The molecule has 1 aliphatic carbocycles. The lowest BCUT2D eigenvalue weighted by Crippen LogP contribution is -2.42. The maximum Gasteiger partial charge on any atom is 0.236 e. The van der Waals surface area contributed by atoms with E-state index in [1.165, 1.54) is 32.1 Å². The number of hydrogen-bond donors (Lipinski definition) is 1. The second-order valence-corrected chi connectivity index (χ2v) is 5.33. The SMILES string of the molecule is CN(CCNCC(=O)N1CCCCC1)C1CC1. The van der Waals surface area contributed by atoms with Gasteiger partial charge in [-0.15, -0.1) is 0 Å². The average molecular weight is 239 g/mol. The van der Waals surface area contributed by atoms with E-state index >= 15 is 0 Å². The summed E-state index contributed by atoms with van der Waals surface area (Å²) in [6, 6.07) is 0.814. The van der Waals surface area contributed by atoms with Crippen LogP contribution in [-0.2, 0) is 4.79 Å². The molecule has 2 rings (SSSR count). The third kappa shape index (κ3) is 4.28. The first-order valence-electron chi connectivity index (χ1n) is 6.96. The number of likely N-dealkylation sites (N-methyl/N-ethyl adjacent to an activating group) is 1. The summed E-state index contributed by atoms with van der Waals surface area (Å²) in [5.41, 5.74) is 0. The zero-order valence-corrected chi connectivity index (χ0v) is 11.0. The molecular weight excluding hydrogens is 214 g/mol. The van der Waals surface area contributed by atoms with Crippen molar-refractivity contribution in [2.75, 3.05) is 39.8 Å². The summed E-state index contributed by atoms with van der Waals surface area (Å²) < 4.78 is 0. The molecule has 1 saturated carbocycles. The maximum atomic E-state index is 11.8. The first-order chi connectivity index (χ1) is 8.27. The zero-order chi connectivity index (χ0) is 12.1. The van der Waals surface area contributed by atoms with Crippen molar-refractivity contribution in [2.45, 2.75) is 38.1 Å². The van der Waals surface area contributed by atoms with Crippen molar-refractivity contribution in [1.29, 1.82) is 0 Å². The summed E-state index contributed by atoms with van der Waals surface area (Å²) in [7, 11) is 2.17. The number of nitrogens with one attached hydrogen (secondary N) is 1. The number of piperidine rings is 1. The molecule has 4 nitrogen and oxygen atoms in total. The fourth-order valence-electron chi connectivity index (χ4n) is 2.40. The number of likely N-dealkylation sites (tertiary alicyclic amines) is 1. The molecule has 1 N–H and O–H groups in total. The van der Waals surface area contributed by atoms with Crippen LogP contribution in [0.1, 0.15) is 32.1 Å². The van der Waals surface area contributed by atoms with E-state index in [1.807, 2.05) is 4.90 Å². The van der Waals surface area contributed by atoms with Gasteiger partial charge in [0.15, 0.2) is 0 Å². The van der Waals surface area contributed by atoms with Crippen LogP contribution in [0.5, 0.6) is 0 Å². The molecular formula is C13H25N3O. The molecule has 0 aromatic heterocycles. The Hall–Kier alpha value is -0.610. The van der Waals surface area contributed by atoms with Crippen molar-refractivity contribution in [1.82, 2.24) is 15.1 Å². The van der Waals surface area contributed by atoms with Crippen LogP contribution in [0, 0.1) is 0 Å². The number of nitrogens with zero attached hydrogens (tertiary/aromatic N) is 2. The summed E-state index contributed by atoms with van der Waals surface area (Å²) in [5.74, 6) is 0.277. The normalized spacial score (nSPS) is 20.9. The molecule has 2 aliphatic rings. The number of amides is 1. The van der Waals surface area contributed by atoms with E-state index in [9.17, 15) is 4.79 Å². The monoisotopic (exact) mass is 239 g/mol. The minimum Gasteiger partial charge on any atom is -0.342 e. The first-order valence-corrected chi connectivity index (χ1v) is 6.96. The Balaban J connectivity index is 1.52. The average Bonchev–Trinajstić information content (AvgIpc) is 3.19. The quantitative estimate of drug-likeness (QED) is 0.693. The van der Waals surface area contributed by atoms with Gasteiger partial charge >= 0.3 is 0 Å². The van der Waals surface area contributed by atoms with Gasteiger partial charge in [-0.25, -0.2) is 0 Å². The van der Waals surface area contributed by atoms with Gasteiger partial charge in [-0.2, -0.15) is 0 Å². The topological polar surface area (TPSA) is 35.6 Å². The Kier molecular flexibility index (Phi) is 4.80. The number of rotatable bonds is 6. The van der Waals surface area contributed by atoms with Gasteiger partial charge in [0.2, 0.25) is 5.91 Å². The molecule has 0 radical (unpaired) electrons. The summed E-state index contributed by atoms with van der Waals surface area (Å²) in [4.78, 5) is 16.2. The van der Waals surface area contributed by atoms with Crippen LogP contribution in [0.25, 0.3) is 0 Å². The van der Waals surface area contributed by atoms with E-state index in [2.05, 4.69) is 17.3 Å². The predicted molar refractivity (Wildman–Crippen MR) is 69.0 cm³/mol. The molecule has 2 fully saturated rings. The Bertz CT molecular complexity index is 247. The Labute approximate surface area is 104 Å². The molecule has 4 heteroatoms. The molecule has 0 spiro atoms. The summed E-state index contributed by atoms with van der Waals surface area (Å²) in [6.07, 6.45) is 6.34. The van der Waals surface area contributed by atoms with Gasteiger partial charge < -0.3 is 15.1 Å². The van der Waals surface area contributed by atoms with Crippen LogP contribution in [0.4, 0.5) is 0 Å². The highest BCUT2D eigenvalue weighted by Crippen LogP contribution is 2.24. The zero-order valence-electron chi connectivity index (χ0n) is 11.0. The van der Waals surface area contributed by atoms with Crippen molar-refractivity contribution in [2.24, 2.45) is 0 Å². The van der Waals surface area contributed by atoms with Crippen LogP contribution in [0.2, 0.25) is 0 Å². The molecule has 98 valence electrons. The van der Waals surface area contributed by atoms with Gasteiger partial charge in [0.1, 0.15) is 0 Å². The Morgan fingerprint density at radius 1 is 1.29 bits per heavy atom. The second-order valence-electron chi connectivity index (χ2n) is 5.33. The van der Waals surface area contributed by atoms with Crippen LogP contribution in [0.3, 0.4) is 0 Å². The summed E-state index contributed by atoms with van der Waals surface area (Å²) in [6.45, 7) is 4.41. The fraction of sp³-hybridized carbons (Fsp3) is 0.923. The maximum absolute atomic E-state index is 11.8. The van der Waals surface area contributed by atoms with Crippen molar-refractivity contribution >= 4 is 5.91 Å². The van der Waals surface area contributed by atoms with E-state index in [0.29, 0.717) is 6.54 Å². The number of hydrogen-bond acceptors (Lipinski definition) is 3. The fourth-order valence-corrected chi connectivity index (χ4v) is 2.40. The highest BCUT2D eigenvalue weighted by molar-refractivity contribution is 5.78. The second kappa shape index (κ2) is 6.36. The van der Waals surface area contributed by atoms with E-state index in [4.69, 9.17) is 0 Å². The molecule has 0 atom stereocenters. The molecule has 0 aromatic carbocycles. The largest absolute Gasteiger partial charge is 0.342 e. The van der Waals surface area contributed by atoms with E-state index in [-0.39, 0.29) is 5.91 Å². The summed E-state index contributed by atoms with van der Waals surface area (Å²) >= 11 is 0. The highest BCUT2D eigenvalue weighted by atomic mass is 16.2. The van der Waals surface area contributed by atoms with E-state index in [0.717, 1.165) is 32.2 Å². The lowest BCUT2D eigenvalue weighted by atomic mass is 10.1. The molecule has 1 heterocycles. The minimum atomic E-state index is 0.277. The lowest BCUT2D eigenvalue weighted by Gasteiger charge is -2.27. The van der Waals surface area contributed by atoms with Gasteiger partial charge in [-0.1, -0.05) is 0 Å². The molecule has 0 bridgehead atoms. The van der Waals surface area contributed by atoms with Gasteiger partial charge in [-0.05, 0) is 39.2 Å². The molecule has 1 saturated heterocycles. The van der Waals surface area contributed by atoms with Gasteiger partial charge in [0.25, 0.3) is 0 Å². The third-order valence-electron chi connectivity index (χ3n) is 3.80. The molecule has 0 unspecified atom stereocenters. The Morgan fingerprint density at radius 3 is 2.65 bits per heavy atom. The van der Waals surface area contributed by atoms with Gasteiger partial charge in [0.05, 0.1) is 6.54 Å². The van der Waals surface area contributed by atoms with E-state index < -0.39 is 0 Å². The van der Waals surface area contributed by atoms with Crippen LogP contribution >= 0.6 is 0 Å². The standard InChI is InChI=1S/C13H25N3O/c1-15(12-5-6-12)10-7-14-11-13(17)16-8-3-2-4-9-16/h12,14H,2-11H2,1H3. The number of carbonyl (C=O) groups excluding carboxylic acids is 1. The number of carbonyl (C=O) groups is 1. The van der Waals surface area contributed by atoms with Gasteiger partial charge in [0, 0.05) is 32.2 Å². The van der Waals surface area contributed by atoms with Crippen LogP contribution < -0.4 is 5.32 Å². The van der Waals surface area contributed by atoms with E-state index in [1.54, 1.807) is 0 Å². The molecule has 1 amide bonds. The van der Waals surface area contributed by atoms with Crippen molar-refractivity contribution in [3.8, 4) is 0 Å². The highest BCUT2D eigenvalue weighted by Gasteiger charge is 2.25. The smallest absolute Gasteiger partial charge is 0.236 e. The van der Waals surface area contributed by atoms with Gasteiger partial charge in [-0.3, -0.25) is 4.79 Å². The molecule has 1 aliphatic heterocycles. The third-order valence-corrected chi connectivity index (χ3v) is 3.80. The molecule has 0 aromatic rings. The lowest BCUT2D eigenvalue weighted by molar-refractivity contribution is -0.131. The Morgan fingerprint density at radius 2 is 2.00 bits per heavy atom. The summed E-state index contributed by atoms with van der Waals surface area (Å²) in [5, 5.41) is 3.26. The van der Waals surface area contributed by atoms with Crippen LogP contribution in [-0.4, -0.2) is 61.5 Å². The molecule has 17 heavy (non-hydrogen) atoms. The van der Waals surface area contributed by atoms with Crippen molar-refractivity contribution in [3.63, 3.8) is 0 Å².